The van der Waals surface area contributed by atoms with E-state index in [0.717, 1.165) is 51.3 Å². The molecule has 2 aliphatic rings. The van der Waals surface area contributed by atoms with Crippen molar-refractivity contribution < 1.29 is 4.74 Å². The van der Waals surface area contributed by atoms with Gasteiger partial charge in [0.15, 0.2) is 17.2 Å². The van der Waals surface area contributed by atoms with E-state index < -0.39 is 0 Å². The van der Waals surface area contributed by atoms with Crippen molar-refractivity contribution in [3.63, 3.8) is 0 Å². The molecule has 0 amide bonds. The first-order chi connectivity index (χ1) is 17.5. The number of nitrogens with one attached hydrogen (secondary N) is 2. The van der Waals surface area contributed by atoms with Gasteiger partial charge in [-0.15, -0.1) is 5.10 Å². The highest BCUT2D eigenvalue weighted by atomic mass is 35.5. The summed E-state index contributed by atoms with van der Waals surface area (Å²) in [6.07, 6.45) is 3.76. The molecule has 12 heteroatoms. The van der Waals surface area contributed by atoms with E-state index in [2.05, 4.69) is 54.6 Å². The van der Waals surface area contributed by atoms with Crippen LogP contribution in [0.4, 0.5) is 23.1 Å². The fraction of sp³-hybridized carbons (Fsp3) is 0.458. The van der Waals surface area contributed by atoms with Gasteiger partial charge in [0.25, 0.3) is 0 Å². The summed E-state index contributed by atoms with van der Waals surface area (Å²) >= 11 is 6.86. The van der Waals surface area contributed by atoms with Crippen molar-refractivity contribution in [3.05, 3.63) is 34.6 Å². The molecule has 2 N–H and O–H groups in total. The maximum absolute atomic E-state index is 9.69. The number of ether oxygens (including phenoxy) is 1. The maximum Gasteiger partial charge on any atom is 0.247 e. The maximum atomic E-state index is 9.69. The summed E-state index contributed by atoms with van der Waals surface area (Å²) in [7, 11) is 1.73. The Balaban J connectivity index is 1.43. The van der Waals surface area contributed by atoms with Crippen molar-refractivity contribution in [1.29, 1.82) is 10.5 Å². The normalized spacial score (nSPS) is 17.0. The summed E-state index contributed by atoms with van der Waals surface area (Å²) < 4.78 is 6.86. The Labute approximate surface area is 214 Å². The molecule has 2 fully saturated rings. The number of nitrogens with zero attached hydrogens (tertiary/aromatic N) is 8. The van der Waals surface area contributed by atoms with Gasteiger partial charge in [-0.05, 0) is 31.9 Å². The quantitative estimate of drug-likeness (QED) is 0.470. The number of methoxy groups -OCH3 is 1. The SMILES string of the molecule is COC(C)CN1CCN(c2cc(C#N)cc(Nc3nc(NC4CC4)c4ncc(C#N)n4n3)c2Cl)CC1. The number of anilines is 4. The minimum atomic E-state index is 0.173. The summed E-state index contributed by atoms with van der Waals surface area (Å²) in [5.41, 5.74) is 2.58. The van der Waals surface area contributed by atoms with Gasteiger partial charge >= 0.3 is 0 Å². The van der Waals surface area contributed by atoms with Crippen LogP contribution in [0.15, 0.2) is 18.3 Å². The number of nitriles is 2. The van der Waals surface area contributed by atoms with Gasteiger partial charge in [-0.3, -0.25) is 4.90 Å². The van der Waals surface area contributed by atoms with Gasteiger partial charge in [0.1, 0.15) is 6.07 Å². The number of hydrogen-bond acceptors (Lipinski definition) is 10. The van der Waals surface area contributed by atoms with Gasteiger partial charge in [-0.25, -0.2) is 4.98 Å². The van der Waals surface area contributed by atoms with Crippen molar-refractivity contribution in [2.45, 2.75) is 31.9 Å². The van der Waals surface area contributed by atoms with Gasteiger partial charge in [-0.2, -0.15) is 20.0 Å². The molecule has 1 saturated carbocycles. The molecule has 0 bridgehead atoms. The Morgan fingerprint density at radius 1 is 1.19 bits per heavy atom. The highest BCUT2D eigenvalue weighted by Crippen LogP contribution is 2.36. The molecule has 0 spiro atoms. The average Bonchev–Trinajstić information content (AvgIpc) is 3.61. The van der Waals surface area contributed by atoms with E-state index in [0.29, 0.717) is 39.5 Å². The number of imidazole rings is 1. The summed E-state index contributed by atoms with van der Waals surface area (Å²) in [5, 5.41) is 30.7. The standard InChI is InChI=1S/C24H27ClN10O/c1-15(36-2)14-33-5-7-34(8-6-33)20-10-16(11-26)9-19(21(20)25)30-24-31-22(29-17-3-4-17)23-28-13-18(12-27)35(23)32-24/h9-10,13,15,17H,3-8,14H2,1-2H3,(H2,29,30,31,32). The Morgan fingerprint density at radius 2 is 1.97 bits per heavy atom. The van der Waals surface area contributed by atoms with Crippen LogP contribution in [0, 0.1) is 22.7 Å². The summed E-state index contributed by atoms with van der Waals surface area (Å²) in [5.74, 6) is 0.798. The smallest absolute Gasteiger partial charge is 0.247 e. The van der Waals surface area contributed by atoms with Crippen molar-refractivity contribution in [2.75, 3.05) is 55.4 Å². The minimum Gasteiger partial charge on any atom is -0.380 e. The number of aromatic nitrogens is 4. The lowest BCUT2D eigenvalue weighted by Gasteiger charge is -2.37. The van der Waals surface area contributed by atoms with E-state index in [-0.39, 0.29) is 12.1 Å². The molecular weight excluding hydrogens is 480 g/mol. The van der Waals surface area contributed by atoms with Gasteiger partial charge < -0.3 is 20.3 Å². The average molecular weight is 507 g/mol. The second-order valence-electron chi connectivity index (χ2n) is 9.12. The van der Waals surface area contributed by atoms with Crippen LogP contribution in [0.2, 0.25) is 5.02 Å². The van der Waals surface area contributed by atoms with E-state index in [9.17, 15) is 10.5 Å². The Bertz CT molecular complexity index is 1350. The molecule has 0 radical (unpaired) electrons. The van der Waals surface area contributed by atoms with E-state index in [1.54, 1.807) is 13.2 Å². The number of fused-ring (bicyclic) bond motifs is 1. The molecule has 1 aromatic carbocycles. The third-order valence-electron chi connectivity index (χ3n) is 6.45. The van der Waals surface area contributed by atoms with Gasteiger partial charge in [0.2, 0.25) is 5.95 Å². The number of hydrogen-bond donors (Lipinski definition) is 2. The van der Waals surface area contributed by atoms with E-state index in [1.807, 2.05) is 6.07 Å². The van der Waals surface area contributed by atoms with Crippen molar-refractivity contribution >= 4 is 40.4 Å². The van der Waals surface area contributed by atoms with Crippen LogP contribution in [0.25, 0.3) is 5.65 Å². The zero-order chi connectivity index (χ0) is 25.2. The molecule has 1 unspecified atom stereocenters. The third-order valence-corrected chi connectivity index (χ3v) is 6.85. The summed E-state index contributed by atoms with van der Waals surface area (Å²) in [6, 6.07) is 8.17. The van der Waals surface area contributed by atoms with Crippen molar-refractivity contribution in [2.24, 2.45) is 0 Å². The largest absolute Gasteiger partial charge is 0.380 e. The summed E-state index contributed by atoms with van der Waals surface area (Å²) in [6.45, 7) is 6.24. The molecule has 1 atom stereocenters. The van der Waals surface area contributed by atoms with Crippen molar-refractivity contribution in [3.8, 4) is 12.1 Å². The second-order valence-corrected chi connectivity index (χ2v) is 9.50. The number of benzene rings is 1. The number of piperazine rings is 1. The third kappa shape index (κ3) is 5.00. The molecule has 3 heterocycles. The molecule has 1 aliphatic carbocycles. The molecular formula is C24H27ClN10O. The fourth-order valence-electron chi connectivity index (χ4n) is 4.25. The Kier molecular flexibility index (Phi) is 6.79. The monoisotopic (exact) mass is 506 g/mol. The van der Waals surface area contributed by atoms with E-state index >= 15 is 0 Å². The molecule has 5 rings (SSSR count). The molecule has 36 heavy (non-hydrogen) atoms. The van der Waals surface area contributed by atoms with Crippen molar-refractivity contribution in [1.82, 2.24) is 24.5 Å². The van der Waals surface area contributed by atoms with Crippen LogP contribution in [-0.4, -0.2) is 76.5 Å². The van der Waals surface area contributed by atoms with Crippen LogP contribution in [0.3, 0.4) is 0 Å². The molecule has 11 nitrogen and oxygen atoms in total. The van der Waals surface area contributed by atoms with Crippen LogP contribution in [-0.2, 0) is 4.74 Å². The van der Waals surface area contributed by atoms with Crippen LogP contribution in [0.5, 0.6) is 0 Å². The first kappa shape index (κ1) is 24.1. The lowest BCUT2D eigenvalue weighted by molar-refractivity contribution is 0.0749. The Morgan fingerprint density at radius 3 is 2.64 bits per heavy atom. The first-order valence-corrected chi connectivity index (χ1v) is 12.3. The lowest BCUT2D eigenvalue weighted by Crippen LogP contribution is -2.48. The zero-order valence-electron chi connectivity index (χ0n) is 20.2. The van der Waals surface area contributed by atoms with Crippen LogP contribution in [0.1, 0.15) is 31.0 Å². The zero-order valence-corrected chi connectivity index (χ0v) is 21.0. The molecule has 2 aromatic heterocycles. The van der Waals surface area contributed by atoms with Crippen LogP contribution < -0.4 is 15.5 Å². The fourth-order valence-corrected chi connectivity index (χ4v) is 4.53. The van der Waals surface area contributed by atoms with Crippen LogP contribution >= 0.6 is 11.6 Å². The lowest BCUT2D eigenvalue weighted by atomic mass is 10.1. The molecule has 186 valence electrons. The molecule has 1 saturated heterocycles. The highest BCUT2D eigenvalue weighted by Gasteiger charge is 2.25. The second kappa shape index (κ2) is 10.2. The predicted molar refractivity (Wildman–Crippen MR) is 137 cm³/mol. The molecule has 1 aliphatic heterocycles. The van der Waals surface area contributed by atoms with Gasteiger partial charge in [0.05, 0.1) is 40.3 Å². The first-order valence-electron chi connectivity index (χ1n) is 11.9. The van der Waals surface area contributed by atoms with Gasteiger partial charge in [0, 0.05) is 45.9 Å². The highest BCUT2D eigenvalue weighted by molar-refractivity contribution is 6.36. The number of rotatable bonds is 8. The summed E-state index contributed by atoms with van der Waals surface area (Å²) in [4.78, 5) is 13.5. The molecule has 3 aromatic rings. The number of halogens is 1. The predicted octanol–water partition coefficient (Wildman–Crippen LogP) is 3.00. The minimum absolute atomic E-state index is 0.173. The van der Waals surface area contributed by atoms with E-state index in [4.69, 9.17) is 16.3 Å². The van der Waals surface area contributed by atoms with Gasteiger partial charge in [-0.1, -0.05) is 11.6 Å². The Hall–Kier alpha value is -3.64. The topological polar surface area (TPSA) is 130 Å². The van der Waals surface area contributed by atoms with E-state index in [1.165, 1.54) is 10.7 Å².